The summed E-state index contributed by atoms with van der Waals surface area (Å²) in [6.45, 7) is 2.12. The Bertz CT molecular complexity index is 412. The van der Waals surface area contributed by atoms with E-state index in [-0.39, 0.29) is 29.9 Å². The Morgan fingerprint density at radius 2 is 2.18 bits per heavy atom. The second kappa shape index (κ2) is 4.73. The summed E-state index contributed by atoms with van der Waals surface area (Å²) in [5.74, 6) is -0.408. The van der Waals surface area contributed by atoms with Crippen molar-refractivity contribution in [3.05, 3.63) is 29.1 Å². The molecule has 17 heavy (non-hydrogen) atoms. The van der Waals surface area contributed by atoms with Crippen LogP contribution in [0.5, 0.6) is 5.75 Å². The third-order valence-electron chi connectivity index (χ3n) is 3.10. The average Bonchev–Trinajstić information content (AvgIpc) is 2.69. The lowest BCUT2D eigenvalue weighted by molar-refractivity contribution is -0.144. The van der Waals surface area contributed by atoms with Gasteiger partial charge >= 0.3 is 5.97 Å². The van der Waals surface area contributed by atoms with Gasteiger partial charge in [0.2, 0.25) is 0 Å². The van der Waals surface area contributed by atoms with Gasteiger partial charge in [0.05, 0.1) is 6.61 Å². The van der Waals surface area contributed by atoms with Crippen LogP contribution in [0.2, 0.25) is 0 Å². The van der Waals surface area contributed by atoms with E-state index in [1.807, 2.05) is 0 Å². The van der Waals surface area contributed by atoms with Crippen LogP contribution in [-0.4, -0.2) is 17.7 Å². The molecule has 0 aliphatic heterocycles. The second-order valence-electron chi connectivity index (χ2n) is 4.31. The first-order chi connectivity index (χ1) is 8.11. The molecule has 0 saturated carbocycles. The molecule has 1 aliphatic carbocycles. The predicted octanol–water partition coefficient (Wildman–Crippen LogP) is 2.20. The van der Waals surface area contributed by atoms with Crippen LogP contribution in [-0.2, 0) is 22.4 Å². The molecule has 0 bridgehead atoms. The first-order valence-electron chi connectivity index (χ1n) is 5.76. The Labute approximate surface area is 99.2 Å². The zero-order chi connectivity index (χ0) is 12.4. The summed E-state index contributed by atoms with van der Waals surface area (Å²) >= 11 is 0. The van der Waals surface area contributed by atoms with Gasteiger partial charge in [-0.25, -0.2) is 4.39 Å². The van der Waals surface area contributed by atoms with E-state index in [2.05, 4.69) is 0 Å². The monoisotopic (exact) mass is 238 g/mol. The first-order valence-corrected chi connectivity index (χ1v) is 5.76. The summed E-state index contributed by atoms with van der Waals surface area (Å²) in [6.07, 6.45) is 1.31. The summed E-state index contributed by atoms with van der Waals surface area (Å²) in [7, 11) is 0. The van der Waals surface area contributed by atoms with Gasteiger partial charge in [-0.05, 0) is 43.4 Å². The molecule has 0 amide bonds. The number of hydrogen-bond donors (Lipinski definition) is 1. The van der Waals surface area contributed by atoms with Crippen molar-refractivity contribution in [3.8, 4) is 5.75 Å². The zero-order valence-corrected chi connectivity index (χ0v) is 9.70. The third kappa shape index (κ3) is 2.40. The smallest absolute Gasteiger partial charge is 0.306 e. The third-order valence-corrected chi connectivity index (χ3v) is 3.10. The number of phenolic OH excluding ortho intramolecular Hbond substituents is 1. The minimum atomic E-state index is -0.302. The second-order valence-corrected chi connectivity index (χ2v) is 4.31. The van der Waals surface area contributed by atoms with Gasteiger partial charge in [0, 0.05) is 12.0 Å². The van der Waals surface area contributed by atoms with Gasteiger partial charge in [-0.1, -0.05) is 0 Å². The SMILES string of the molecule is CCOC(=O)CC1Cc2c(O)ccc(F)c2C1. The molecule has 0 saturated heterocycles. The van der Waals surface area contributed by atoms with E-state index in [1.165, 1.54) is 12.1 Å². The van der Waals surface area contributed by atoms with Crippen LogP contribution in [0.4, 0.5) is 4.39 Å². The summed E-state index contributed by atoms with van der Waals surface area (Å²) in [6, 6.07) is 2.63. The summed E-state index contributed by atoms with van der Waals surface area (Å²) in [5.41, 5.74) is 1.18. The molecule has 1 aromatic carbocycles. The van der Waals surface area contributed by atoms with E-state index in [9.17, 15) is 14.3 Å². The number of carbonyl (C=O) groups is 1. The molecule has 1 N–H and O–H groups in total. The number of rotatable bonds is 3. The highest BCUT2D eigenvalue weighted by Gasteiger charge is 2.28. The van der Waals surface area contributed by atoms with Crippen molar-refractivity contribution in [3.63, 3.8) is 0 Å². The van der Waals surface area contributed by atoms with Crippen LogP contribution < -0.4 is 0 Å². The Kier molecular flexibility index (Phi) is 3.31. The van der Waals surface area contributed by atoms with Crippen molar-refractivity contribution in [1.29, 1.82) is 0 Å². The quantitative estimate of drug-likeness (QED) is 0.821. The number of fused-ring (bicyclic) bond motifs is 1. The van der Waals surface area contributed by atoms with E-state index < -0.39 is 0 Å². The molecule has 0 fully saturated rings. The maximum Gasteiger partial charge on any atom is 0.306 e. The van der Waals surface area contributed by atoms with Gasteiger partial charge in [-0.15, -0.1) is 0 Å². The lowest BCUT2D eigenvalue weighted by atomic mass is 10.0. The van der Waals surface area contributed by atoms with Gasteiger partial charge in [-0.2, -0.15) is 0 Å². The van der Waals surface area contributed by atoms with E-state index >= 15 is 0 Å². The number of hydrogen-bond acceptors (Lipinski definition) is 3. The Hall–Kier alpha value is -1.58. The topological polar surface area (TPSA) is 46.5 Å². The summed E-state index contributed by atoms with van der Waals surface area (Å²) in [4.78, 5) is 11.3. The molecule has 0 aromatic heterocycles. The molecule has 1 unspecified atom stereocenters. The largest absolute Gasteiger partial charge is 0.508 e. The van der Waals surface area contributed by atoms with E-state index in [4.69, 9.17) is 4.74 Å². The van der Waals surface area contributed by atoms with Crippen molar-refractivity contribution in [2.45, 2.75) is 26.2 Å². The van der Waals surface area contributed by atoms with Crippen molar-refractivity contribution in [1.82, 2.24) is 0 Å². The Morgan fingerprint density at radius 1 is 1.47 bits per heavy atom. The van der Waals surface area contributed by atoms with Crippen LogP contribution in [0.25, 0.3) is 0 Å². The highest BCUT2D eigenvalue weighted by molar-refractivity contribution is 5.70. The van der Waals surface area contributed by atoms with Gasteiger partial charge in [0.15, 0.2) is 0 Å². The molecule has 3 nitrogen and oxygen atoms in total. The van der Waals surface area contributed by atoms with Crippen molar-refractivity contribution >= 4 is 5.97 Å². The number of aromatic hydroxyl groups is 1. The van der Waals surface area contributed by atoms with E-state index in [0.717, 1.165) is 0 Å². The average molecular weight is 238 g/mol. The van der Waals surface area contributed by atoms with Gasteiger partial charge < -0.3 is 9.84 Å². The number of benzene rings is 1. The number of phenols is 1. The molecule has 1 aliphatic rings. The molecule has 92 valence electrons. The Balaban J connectivity index is 2.08. The molecule has 4 heteroatoms. The molecule has 1 aromatic rings. The zero-order valence-electron chi connectivity index (χ0n) is 9.70. The highest BCUT2D eigenvalue weighted by Crippen LogP contribution is 2.36. The van der Waals surface area contributed by atoms with Crippen LogP contribution in [0.1, 0.15) is 24.5 Å². The van der Waals surface area contributed by atoms with Gasteiger partial charge in [0.25, 0.3) is 0 Å². The number of halogens is 1. The van der Waals surface area contributed by atoms with Crippen LogP contribution >= 0.6 is 0 Å². The van der Waals surface area contributed by atoms with Crippen molar-refractivity contribution in [2.24, 2.45) is 5.92 Å². The maximum absolute atomic E-state index is 13.5. The minimum Gasteiger partial charge on any atom is -0.508 e. The lowest BCUT2D eigenvalue weighted by Gasteiger charge is -2.07. The normalized spacial score (nSPS) is 17.9. The fourth-order valence-corrected chi connectivity index (χ4v) is 2.35. The molecular weight excluding hydrogens is 223 g/mol. The van der Waals surface area contributed by atoms with E-state index in [1.54, 1.807) is 6.92 Å². The molecule has 0 heterocycles. The predicted molar refractivity (Wildman–Crippen MR) is 60.2 cm³/mol. The Morgan fingerprint density at radius 3 is 2.82 bits per heavy atom. The lowest BCUT2D eigenvalue weighted by Crippen LogP contribution is -2.11. The van der Waals surface area contributed by atoms with Gasteiger partial charge in [0.1, 0.15) is 11.6 Å². The molecule has 0 radical (unpaired) electrons. The van der Waals surface area contributed by atoms with Crippen molar-refractivity contribution in [2.75, 3.05) is 6.61 Å². The van der Waals surface area contributed by atoms with Crippen LogP contribution in [0, 0.1) is 11.7 Å². The summed E-state index contributed by atoms with van der Waals surface area (Å²) < 4.78 is 18.4. The van der Waals surface area contributed by atoms with E-state index in [0.29, 0.717) is 30.6 Å². The first kappa shape index (κ1) is 11.9. The van der Waals surface area contributed by atoms with Gasteiger partial charge in [-0.3, -0.25) is 4.79 Å². The summed E-state index contributed by atoms with van der Waals surface area (Å²) in [5, 5.41) is 9.63. The fraction of sp³-hybridized carbons (Fsp3) is 0.462. The number of carbonyl (C=O) groups excluding carboxylic acids is 1. The molecule has 1 atom stereocenters. The highest BCUT2D eigenvalue weighted by atomic mass is 19.1. The fourth-order valence-electron chi connectivity index (χ4n) is 2.35. The maximum atomic E-state index is 13.5. The molecule has 2 rings (SSSR count). The standard InChI is InChI=1S/C13H15FO3/c1-2-17-13(16)7-8-5-9-10(6-8)12(15)4-3-11(9)14/h3-4,8,15H,2,5-7H2,1H3. The molecule has 0 spiro atoms. The van der Waals surface area contributed by atoms with Crippen molar-refractivity contribution < 1.29 is 19.0 Å². The number of esters is 1. The van der Waals surface area contributed by atoms with Crippen LogP contribution in [0.15, 0.2) is 12.1 Å². The minimum absolute atomic E-state index is 0.0341. The number of ether oxygens (including phenoxy) is 1. The van der Waals surface area contributed by atoms with Crippen LogP contribution in [0.3, 0.4) is 0 Å². The molecular formula is C13H15FO3.